The molecule has 0 bridgehead atoms. The monoisotopic (exact) mass is 270 g/mol. The number of ketones is 1. The van der Waals surface area contributed by atoms with Gasteiger partial charge >= 0.3 is 0 Å². The Morgan fingerprint density at radius 1 is 0.810 bits per heavy atom. The Morgan fingerprint density at radius 3 is 2.43 bits per heavy atom. The molecule has 3 aromatic carbocycles. The van der Waals surface area contributed by atoms with Gasteiger partial charge in [-0.1, -0.05) is 60.7 Å². The minimum absolute atomic E-state index is 0.166. The van der Waals surface area contributed by atoms with E-state index in [0.29, 0.717) is 0 Å². The summed E-state index contributed by atoms with van der Waals surface area (Å²) in [5, 5.41) is 2.43. The van der Waals surface area contributed by atoms with E-state index in [-0.39, 0.29) is 5.78 Å². The van der Waals surface area contributed by atoms with Crippen molar-refractivity contribution in [3.05, 3.63) is 89.0 Å². The molecule has 21 heavy (non-hydrogen) atoms. The van der Waals surface area contributed by atoms with Gasteiger partial charge in [0.25, 0.3) is 0 Å². The van der Waals surface area contributed by atoms with Crippen LogP contribution in [-0.4, -0.2) is 5.78 Å². The van der Waals surface area contributed by atoms with Crippen LogP contribution in [0, 0.1) is 0 Å². The lowest BCUT2D eigenvalue weighted by molar-refractivity contribution is 0.104. The van der Waals surface area contributed by atoms with Gasteiger partial charge in [0.05, 0.1) is 0 Å². The van der Waals surface area contributed by atoms with Gasteiger partial charge in [-0.3, -0.25) is 4.79 Å². The SMILES string of the molecule is O=C1C(=Cc2ccc3ccccc3c2)Cc2ccccc21. The lowest BCUT2D eigenvalue weighted by Crippen LogP contribution is -1.94. The Hall–Kier alpha value is -2.67. The maximum Gasteiger partial charge on any atom is 0.189 e. The van der Waals surface area contributed by atoms with E-state index >= 15 is 0 Å². The number of carbonyl (C=O) groups is 1. The normalized spacial score (nSPS) is 15.6. The van der Waals surface area contributed by atoms with Crippen LogP contribution in [0.5, 0.6) is 0 Å². The minimum Gasteiger partial charge on any atom is -0.289 e. The number of fused-ring (bicyclic) bond motifs is 2. The first kappa shape index (κ1) is 12.1. The lowest BCUT2D eigenvalue weighted by atomic mass is 10.0. The van der Waals surface area contributed by atoms with E-state index in [1.54, 1.807) is 0 Å². The zero-order valence-electron chi connectivity index (χ0n) is 11.5. The van der Waals surface area contributed by atoms with Gasteiger partial charge in [0.15, 0.2) is 5.78 Å². The van der Waals surface area contributed by atoms with Crippen molar-refractivity contribution < 1.29 is 4.79 Å². The smallest absolute Gasteiger partial charge is 0.189 e. The predicted octanol–water partition coefficient (Wildman–Crippen LogP) is 4.66. The van der Waals surface area contributed by atoms with Crippen molar-refractivity contribution in [3.63, 3.8) is 0 Å². The molecule has 0 fully saturated rings. The predicted molar refractivity (Wildman–Crippen MR) is 86.4 cm³/mol. The highest BCUT2D eigenvalue weighted by molar-refractivity contribution is 6.15. The molecule has 0 radical (unpaired) electrons. The quantitative estimate of drug-likeness (QED) is 0.588. The van der Waals surface area contributed by atoms with E-state index in [9.17, 15) is 4.79 Å². The van der Waals surface area contributed by atoms with Crippen LogP contribution in [0.15, 0.2) is 72.3 Å². The Morgan fingerprint density at radius 2 is 1.57 bits per heavy atom. The number of Topliss-reactive ketones (excluding diaryl/α,β-unsaturated/α-hetero) is 1. The first-order chi connectivity index (χ1) is 10.3. The van der Waals surface area contributed by atoms with Crippen LogP contribution in [0.3, 0.4) is 0 Å². The second kappa shape index (κ2) is 4.71. The second-order valence-electron chi connectivity index (χ2n) is 5.44. The molecule has 0 unspecified atom stereocenters. The Balaban J connectivity index is 1.76. The average Bonchev–Trinajstić information content (AvgIpc) is 2.84. The van der Waals surface area contributed by atoms with Gasteiger partial charge < -0.3 is 0 Å². The molecule has 3 aromatic rings. The van der Waals surface area contributed by atoms with E-state index < -0.39 is 0 Å². The van der Waals surface area contributed by atoms with E-state index in [2.05, 4.69) is 30.3 Å². The topological polar surface area (TPSA) is 17.1 Å². The zero-order valence-corrected chi connectivity index (χ0v) is 11.5. The first-order valence-corrected chi connectivity index (χ1v) is 7.13. The highest BCUT2D eigenvalue weighted by Gasteiger charge is 2.23. The van der Waals surface area contributed by atoms with E-state index in [4.69, 9.17) is 0 Å². The number of carbonyl (C=O) groups excluding carboxylic acids is 1. The molecule has 1 aliphatic rings. The summed E-state index contributed by atoms with van der Waals surface area (Å²) in [6, 6.07) is 22.5. The molecule has 0 atom stereocenters. The molecule has 0 amide bonds. The third-order valence-electron chi connectivity index (χ3n) is 4.05. The summed E-state index contributed by atoms with van der Waals surface area (Å²) in [7, 11) is 0. The van der Waals surface area contributed by atoms with Crippen molar-refractivity contribution >= 4 is 22.6 Å². The van der Waals surface area contributed by atoms with Gasteiger partial charge in [0.1, 0.15) is 0 Å². The number of benzene rings is 3. The summed E-state index contributed by atoms with van der Waals surface area (Å²) >= 11 is 0. The zero-order chi connectivity index (χ0) is 14.2. The largest absolute Gasteiger partial charge is 0.289 e. The average molecular weight is 270 g/mol. The molecule has 1 nitrogen and oxygen atoms in total. The first-order valence-electron chi connectivity index (χ1n) is 7.13. The van der Waals surface area contributed by atoms with E-state index in [0.717, 1.165) is 28.7 Å². The van der Waals surface area contributed by atoms with E-state index in [1.165, 1.54) is 10.8 Å². The molecule has 100 valence electrons. The van der Waals surface area contributed by atoms with Gasteiger partial charge in [0.2, 0.25) is 0 Å². The maximum atomic E-state index is 12.4. The fourth-order valence-electron chi connectivity index (χ4n) is 2.97. The van der Waals surface area contributed by atoms with Crippen LogP contribution >= 0.6 is 0 Å². The second-order valence-corrected chi connectivity index (χ2v) is 5.44. The van der Waals surface area contributed by atoms with Gasteiger partial charge in [-0.15, -0.1) is 0 Å². The van der Waals surface area contributed by atoms with Crippen LogP contribution in [0.4, 0.5) is 0 Å². The molecule has 0 saturated carbocycles. The molecular formula is C20H14O. The van der Waals surface area contributed by atoms with Gasteiger partial charge in [-0.25, -0.2) is 0 Å². The Kier molecular flexibility index (Phi) is 2.71. The molecule has 4 rings (SSSR count). The molecule has 0 saturated heterocycles. The van der Waals surface area contributed by atoms with Crippen molar-refractivity contribution in [2.75, 3.05) is 0 Å². The molecule has 0 aromatic heterocycles. The van der Waals surface area contributed by atoms with Crippen molar-refractivity contribution in [2.24, 2.45) is 0 Å². The van der Waals surface area contributed by atoms with Crippen LogP contribution in [0.1, 0.15) is 21.5 Å². The third kappa shape index (κ3) is 2.07. The minimum atomic E-state index is 0.166. The maximum absolute atomic E-state index is 12.4. The molecular weight excluding hydrogens is 256 g/mol. The van der Waals surface area contributed by atoms with Gasteiger partial charge in [-0.2, -0.15) is 0 Å². The van der Waals surface area contributed by atoms with Gasteiger partial charge in [0, 0.05) is 17.6 Å². The fraction of sp³-hybridized carbons (Fsp3) is 0.0500. The number of hydrogen-bond acceptors (Lipinski definition) is 1. The van der Waals surface area contributed by atoms with Gasteiger partial charge in [-0.05, 0) is 34.0 Å². The number of allylic oxidation sites excluding steroid dienone is 1. The van der Waals surface area contributed by atoms with E-state index in [1.807, 2.05) is 42.5 Å². The standard InChI is InChI=1S/C20H14O/c21-20-18(13-17-7-3-4-8-19(17)20)12-14-9-10-15-5-1-2-6-16(15)11-14/h1-12H,13H2. The Labute approximate surface area is 123 Å². The summed E-state index contributed by atoms with van der Waals surface area (Å²) in [4.78, 5) is 12.4. The summed E-state index contributed by atoms with van der Waals surface area (Å²) in [5.41, 5.74) is 3.95. The highest BCUT2D eigenvalue weighted by atomic mass is 16.1. The summed E-state index contributed by atoms with van der Waals surface area (Å²) in [6.07, 6.45) is 2.76. The highest BCUT2D eigenvalue weighted by Crippen LogP contribution is 2.28. The number of hydrogen-bond donors (Lipinski definition) is 0. The van der Waals surface area contributed by atoms with Crippen molar-refractivity contribution in [3.8, 4) is 0 Å². The fourth-order valence-corrected chi connectivity index (χ4v) is 2.97. The summed E-state index contributed by atoms with van der Waals surface area (Å²) in [6.45, 7) is 0. The molecule has 0 aliphatic heterocycles. The molecule has 0 heterocycles. The number of rotatable bonds is 1. The third-order valence-corrected chi connectivity index (χ3v) is 4.05. The van der Waals surface area contributed by atoms with Crippen LogP contribution in [0.2, 0.25) is 0 Å². The van der Waals surface area contributed by atoms with Crippen molar-refractivity contribution in [1.29, 1.82) is 0 Å². The van der Waals surface area contributed by atoms with Crippen molar-refractivity contribution in [1.82, 2.24) is 0 Å². The van der Waals surface area contributed by atoms with Crippen LogP contribution in [0.25, 0.3) is 16.8 Å². The summed E-state index contributed by atoms with van der Waals surface area (Å²) in [5.74, 6) is 0.166. The van der Waals surface area contributed by atoms with Crippen LogP contribution < -0.4 is 0 Å². The molecule has 0 N–H and O–H groups in total. The molecule has 1 aliphatic carbocycles. The van der Waals surface area contributed by atoms with Crippen molar-refractivity contribution in [2.45, 2.75) is 6.42 Å². The molecule has 1 heteroatoms. The lowest BCUT2D eigenvalue weighted by Gasteiger charge is -2.01. The molecule has 0 spiro atoms. The Bertz CT molecular complexity index is 887. The summed E-state index contributed by atoms with van der Waals surface area (Å²) < 4.78 is 0. The van der Waals surface area contributed by atoms with Crippen LogP contribution in [-0.2, 0) is 6.42 Å².